The Morgan fingerprint density at radius 2 is 1.94 bits per heavy atom. The Morgan fingerprint density at radius 3 is 2.64 bits per heavy atom. The van der Waals surface area contributed by atoms with Gasteiger partial charge in [-0.05, 0) is 50.2 Å². The summed E-state index contributed by atoms with van der Waals surface area (Å²) in [5.74, 6) is 2.32. The van der Waals surface area contributed by atoms with Crippen molar-refractivity contribution in [2.24, 2.45) is 11.8 Å². The Balaban J connectivity index is 1.32. The second-order valence-electron chi connectivity index (χ2n) is 8.84. The molecule has 1 aliphatic heterocycles. The van der Waals surface area contributed by atoms with Gasteiger partial charge in [0, 0.05) is 48.5 Å². The average molecular weight is 472 g/mol. The molecule has 10 heteroatoms. The number of hydrogen-bond donors (Lipinski definition) is 1. The second kappa shape index (κ2) is 9.13. The molecule has 0 spiro atoms. The molecule has 1 aromatic carbocycles. The topological polar surface area (TPSA) is 81.0 Å². The van der Waals surface area contributed by atoms with E-state index in [1.54, 1.807) is 17.1 Å². The minimum Gasteiger partial charge on any atom is -0.424 e. The predicted octanol–water partition coefficient (Wildman–Crippen LogP) is 4.70. The van der Waals surface area contributed by atoms with E-state index >= 15 is 0 Å². The molecule has 2 aromatic heterocycles. The maximum absolute atomic E-state index is 13.7. The van der Waals surface area contributed by atoms with Gasteiger partial charge in [-0.15, -0.1) is 5.10 Å². The number of piperidine rings is 1. The van der Waals surface area contributed by atoms with Crippen LogP contribution in [0.4, 0.5) is 16.2 Å². The third-order valence-electron chi connectivity index (χ3n) is 6.36. The SMILES string of the molecule is CCCn1nc(NC2[C@@H]3CC[C@H]2CN(c2cc(C)ncn2)C3)nc1Oc1cc(F)cc(Cl)c1. The number of anilines is 2. The van der Waals surface area contributed by atoms with Gasteiger partial charge in [-0.1, -0.05) is 18.5 Å². The van der Waals surface area contributed by atoms with Gasteiger partial charge < -0.3 is 15.0 Å². The van der Waals surface area contributed by atoms with Crippen LogP contribution in [0.5, 0.6) is 11.8 Å². The summed E-state index contributed by atoms with van der Waals surface area (Å²) < 4.78 is 21.3. The summed E-state index contributed by atoms with van der Waals surface area (Å²) in [6.07, 6.45) is 4.81. The summed E-state index contributed by atoms with van der Waals surface area (Å²) >= 11 is 5.97. The third kappa shape index (κ3) is 4.73. The molecule has 2 fully saturated rings. The van der Waals surface area contributed by atoms with Crippen molar-refractivity contribution in [3.05, 3.63) is 47.1 Å². The van der Waals surface area contributed by atoms with E-state index in [-0.39, 0.29) is 11.1 Å². The maximum Gasteiger partial charge on any atom is 0.322 e. The van der Waals surface area contributed by atoms with Gasteiger partial charge in [0.05, 0.1) is 0 Å². The Hall–Kier alpha value is -2.94. The molecule has 1 saturated carbocycles. The highest BCUT2D eigenvalue weighted by Crippen LogP contribution is 2.40. The number of rotatable bonds is 7. The van der Waals surface area contributed by atoms with Crippen molar-refractivity contribution in [2.45, 2.75) is 45.7 Å². The van der Waals surface area contributed by atoms with Crippen LogP contribution in [-0.2, 0) is 6.54 Å². The molecule has 5 rings (SSSR count). The van der Waals surface area contributed by atoms with Crippen LogP contribution in [0.2, 0.25) is 5.02 Å². The monoisotopic (exact) mass is 471 g/mol. The Bertz CT molecular complexity index is 1110. The van der Waals surface area contributed by atoms with Gasteiger partial charge in [-0.25, -0.2) is 19.0 Å². The zero-order valence-electron chi connectivity index (χ0n) is 18.7. The summed E-state index contributed by atoms with van der Waals surface area (Å²) in [7, 11) is 0. The van der Waals surface area contributed by atoms with E-state index in [4.69, 9.17) is 16.3 Å². The molecule has 33 heavy (non-hydrogen) atoms. The van der Waals surface area contributed by atoms with Crippen molar-refractivity contribution in [2.75, 3.05) is 23.3 Å². The zero-order chi connectivity index (χ0) is 22.9. The molecular formula is C23H27ClFN7O. The fourth-order valence-corrected chi connectivity index (χ4v) is 5.13. The number of nitrogens with zero attached hydrogens (tertiary/aromatic N) is 6. The van der Waals surface area contributed by atoms with Crippen LogP contribution in [0, 0.1) is 24.6 Å². The predicted molar refractivity (Wildman–Crippen MR) is 124 cm³/mol. The lowest BCUT2D eigenvalue weighted by atomic mass is 9.92. The van der Waals surface area contributed by atoms with E-state index in [0.29, 0.717) is 36.1 Å². The van der Waals surface area contributed by atoms with Gasteiger partial charge in [-0.3, -0.25) is 0 Å². The first-order valence-corrected chi connectivity index (χ1v) is 11.7. The van der Waals surface area contributed by atoms with E-state index in [2.05, 4.69) is 37.2 Å². The molecular weight excluding hydrogens is 445 g/mol. The van der Waals surface area contributed by atoms with Crippen molar-refractivity contribution in [3.63, 3.8) is 0 Å². The molecule has 2 aliphatic rings. The van der Waals surface area contributed by atoms with Crippen molar-refractivity contribution < 1.29 is 9.13 Å². The number of hydrogen-bond acceptors (Lipinski definition) is 7. The standard InChI is InChI=1S/C23H27ClFN7O/c1-3-6-32-23(33-19-9-17(24)8-18(25)10-19)29-22(30-32)28-21-15-4-5-16(21)12-31(11-15)20-7-14(2)26-13-27-20/h7-10,13,15-16,21H,3-6,11-12H2,1-2H3,(H,28,30)/t15-,16+,21?. The Kier molecular flexibility index (Phi) is 6.05. The van der Waals surface area contributed by atoms with E-state index in [9.17, 15) is 4.39 Å². The van der Waals surface area contributed by atoms with Crippen LogP contribution in [-0.4, -0.2) is 43.9 Å². The number of halogens is 2. The van der Waals surface area contributed by atoms with Crippen LogP contribution in [0.25, 0.3) is 0 Å². The zero-order valence-corrected chi connectivity index (χ0v) is 19.5. The van der Waals surface area contributed by atoms with Gasteiger partial charge in [0.25, 0.3) is 0 Å². The lowest BCUT2D eigenvalue weighted by molar-refractivity contribution is 0.374. The molecule has 0 radical (unpaired) electrons. The molecule has 8 nitrogen and oxygen atoms in total. The number of aromatic nitrogens is 5. The van der Waals surface area contributed by atoms with Crippen LogP contribution in [0.1, 0.15) is 31.9 Å². The molecule has 0 amide bonds. The number of nitrogens with one attached hydrogen (secondary N) is 1. The average Bonchev–Trinajstić information content (AvgIpc) is 3.22. The summed E-state index contributed by atoms with van der Waals surface area (Å²) in [6, 6.07) is 6.75. The van der Waals surface area contributed by atoms with Crippen LogP contribution in [0.15, 0.2) is 30.6 Å². The smallest absolute Gasteiger partial charge is 0.322 e. The number of benzene rings is 1. The molecule has 1 N–H and O–H groups in total. The second-order valence-corrected chi connectivity index (χ2v) is 9.27. The molecule has 3 aromatic rings. The van der Waals surface area contributed by atoms with Crippen molar-refractivity contribution in [3.8, 4) is 11.8 Å². The van der Waals surface area contributed by atoms with E-state index < -0.39 is 5.82 Å². The molecule has 1 saturated heterocycles. The number of aryl methyl sites for hydroxylation is 2. The highest BCUT2D eigenvalue weighted by atomic mass is 35.5. The first-order valence-electron chi connectivity index (χ1n) is 11.4. The minimum absolute atomic E-state index is 0.270. The van der Waals surface area contributed by atoms with Gasteiger partial charge >= 0.3 is 6.01 Å². The highest BCUT2D eigenvalue weighted by Gasteiger charge is 2.43. The van der Waals surface area contributed by atoms with Crippen LogP contribution >= 0.6 is 11.6 Å². The molecule has 2 bridgehead atoms. The molecule has 3 heterocycles. The third-order valence-corrected chi connectivity index (χ3v) is 6.58. The van der Waals surface area contributed by atoms with Crippen molar-refractivity contribution >= 4 is 23.4 Å². The van der Waals surface area contributed by atoms with E-state index in [1.807, 2.05) is 13.0 Å². The fraction of sp³-hybridized carbons (Fsp3) is 0.478. The van der Waals surface area contributed by atoms with Gasteiger partial charge in [-0.2, -0.15) is 4.98 Å². The first kappa shape index (κ1) is 21.9. The summed E-state index contributed by atoms with van der Waals surface area (Å²) in [5, 5.41) is 8.47. The van der Waals surface area contributed by atoms with Gasteiger partial charge in [0.2, 0.25) is 5.95 Å². The lowest BCUT2D eigenvalue weighted by Gasteiger charge is -2.38. The lowest BCUT2D eigenvalue weighted by Crippen LogP contribution is -2.48. The largest absolute Gasteiger partial charge is 0.424 e. The van der Waals surface area contributed by atoms with Crippen LogP contribution in [0.3, 0.4) is 0 Å². The van der Waals surface area contributed by atoms with Gasteiger partial charge in [0.1, 0.15) is 23.7 Å². The van der Waals surface area contributed by atoms with Crippen molar-refractivity contribution in [1.82, 2.24) is 24.7 Å². The van der Waals surface area contributed by atoms with E-state index in [1.165, 1.54) is 12.1 Å². The summed E-state index contributed by atoms with van der Waals surface area (Å²) in [4.78, 5) is 15.6. The highest BCUT2D eigenvalue weighted by molar-refractivity contribution is 6.30. The molecule has 174 valence electrons. The minimum atomic E-state index is -0.459. The van der Waals surface area contributed by atoms with Crippen LogP contribution < -0.4 is 15.0 Å². The summed E-state index contributed by atoms with van der Waals surface area (Å²) in [6.45, 7) is 6.56. The molecule has 1 aliphatic carbocycles. The Morgan fingerprint density at radius 1 is 1.15 bits per heavy atom. The normalized spacial score (nSPS) is 21.9. The quantitative estimate of drug-likeness (QED) is 0.535. The first-order chi connectivity index (χ1) is 16.0. The Labute approximate surface area is 197 Å². The summed E-state index contributed by atoms with van der Waals surface area (Å²) in [5.41, 5.74) is 0.977. The molecule has 3 atom stereocenters. The van der Waals surface area contributed by atoms with Gasteiger partial charge in [0.15, 0.2) is 0 Å². The van der Waals surface area contributed by atoms with Crippen molar-refractivity contribution in [1.29, 1.82) is 0 Å². The number of ether oxygens (including phenoxy) is 1. The number of fused-ring (bicyclic) bond motifs is 2. The maximum atomic E-state index is 13.7. The fourth-order valence-electron chi connectivity index (χ4n) is 4.92. The molecule has 1 unspecified atom stereocenters. The van der Waals surface area contributed by atoms with E-state index in [0.717, 1.165) is 43.9 Å².